The fraction of sp³-hybridized carbons (Fsp3) is 0.111. The Hall–Kier alpha value is -1.85. The van der Waals surface area contributed by atoms with Gasteiger partial charge in [-0.3, -0.25) is 0 Å². The van der Waals surface area contributed by atoms with Gasteiger partial charge in [-0.25, -0.2) is 0 Å². The van der Waals surface area contributed by atoms with Crippen LogP contribution in [0.25, 0.3) is 16.9 Å². The van der Waals surface area contributed by atoms with E-state index in [0.29, 0.717) is 5.02 Å². The van der Waals surface area contributed by atoms with E-state index in [4.69, 9.17) is 11.6 Å². The Kier molecular flexibility index (Phi) is 4.65. The molecular formula is C18H13ClF3NS. The average molecular weight is 368 g/mol. The van der Waals surface area contributed by atoms with Crippen molar-refractivity contribution < 1.29 is 13.2 Å². The minimum Gasteiger partial charge on any atom is -0.314 e. The summed E-state index contributed by atoms with van der Waals surface area (Å²) in [6.45, 7) is 1.96. The number of nitrogens with zero attached hydrogens (tertiary/aromatic N) is 1. The minimum absolute atomic E-state index is 0.111. The van der Waals surface area contributed by atoms with E-state index in [-0.39, 0.29) is 16.7 Å². The molecule has 0 amide bonds. The fourth-order valence-electron chi connectivity index (χ4n) is 2.52. The highest BCUT2D eigenvalue weighted by atomic mass is 35.5. The maximum absolute atomic E-state index is 12.4. The molecule has 0 spiro atoms. The molecular weight excluding hydrogens is 355 g/mol. The van der Waals surface area contributed by atoms with Crippen molar-refractivity contribution in [2.24, 2.45) is 0 Å². The molecule has 0 saturated heterocycles. The van der Waals surface area contributed by atoms with Crippen LogP contribution in [-0.2, 0) is 0 Å². The van der Waals surface area contributed by atoms with Crippen LogP contribution in [-0.4, -0.2) is 10.1 Å². The molecule has 1 nitrogen and oxygen atoms in total. The van der Waals surface area contributed by atoms with Crippen molar-refractivity contribution in [2.75, 3.05) is 0 Å². The van der Waals surface area contributed by atoms with Gasteiger partial charge in [0.25, 0.3) is 0 Å². The van der Waals surface area contributed by atoms with Crippen molar-refractivity contribution in [2.45, 2.75) is 17.3 Å². The maximum Gasteiger partial charge on any atom is 0.446 e. The molecule has 0 bridgehead atoms. The molecule has 0 radical (unpaired) electrons. The standard InChI is InChI=1S/C18H13ClF3NS/c1-12-2-11-17(13-3-5-14(19)6-4-13)23(12)15-7-9-16(10-8-15)24-18(20,21)22/h2-11H,1H3. The first kappa shape index (κ1) is 17.0. The molecule has 0 aliphatic heterocycles. The van der Waals surface area contributed by atoms with Crippen LogP contribution in [0, 0.1) is 6.92 Å². The maximum atomic E-state index is 12.4. The zero-order chi connectivity index (χ0) is 17.3. The number of aryl methyl sites for hydroxylation is 1. The van der Waals surface area contributed by atoms with Gasteiger partial charge in [0.2, 0.25) is 0 Å². The summed E-state index contributed by atoms with van der Waals surface area (Å²) in [5.74, 6) is 0. The Morgan fingerprint density at radius 3 is 2.08 bits per heavy atom. The number of benzene rings is 2. The predicted molar refractivity (Wildman–Crippen MR) is 92.9 cm³/mol. The van der Waals surface area contributed by atoms with E-state index >= 15 is 0 Å². The van der Waals surface area contributed by atoms with Crippen LogP contribution < -0.4 is 0 Å². The lowest BCUT2D eigenvalue weighted by Gasteiger charge is -2.13. The summed E-state index contributed by atoms with van der Waals surface area (Å²) in [7, 11) is 0. The van der Waals surface area contributed by atoms with Gasteiger partial charge in [-0.05, 0) is 72.8 Å². The Morgan fingerprint density at radius 1 is 0.875 bits per heavy atom. The van der Waals surface area contributed by atoms with Crippen LogP contribution in [0.15, 0.2) is 65.6 Å². The number of rotatable bonds is 3. The van der Waals surface area contributed by atoms with Gasteiger partial charge < -0.3 is 4.57 Å². The first-order valence-corrected chi connectivity index (χ1v) is 8.33. The zero-order valence-corrected chi connectivity index (χ0v) is 14.2. The fourth-order valence-corrected chi connectivity index (χ4v) is 3.19. The molecule has 0 unspecified atom stereocenters. The van der Waals surface area contributed by atoms with Crippen LogP contribution in [0.1, 0.15) is 5.69 Å². The molecule has 0 saturated carbocycles. The smallest absolute Gasteiger partial charge is 0.314 e. The van der Waals surface area contributed by atoms with E-state index in [1.54, 1.807) is 12.1 Å². The number of hydrogen-bond acceptors (Lipinski definition) is 1. The highest BCUT2D eigenvalue weighted by Crippen LogP contribution is 2.37. The summed E-state index contributed by atoms with van der Waals surface area (Å²) >= 11 is 5.82. The Morgan fingerprint density at radius 2 is 1.50 bits per heavy atom. The molecule has 1 heterocycles. The molecule has 2 aromatic carbocycles. The van der Waals surface area contributed by atoms with Crippen LogP contribution in [0.2, 0.25) is 5.02 Å². The van der Waals surface area contributed by atoms with Gasteiger partial charge in [0.1, 0.15) is 0 Å². The van der Waals surface area contributed by atoms with Crippen molar-refractivity contribution in [3.05, 3.63) is 71.4 Å². The molecule has 0 atom stereocenters. The Balaban J connectivity index is 1.98. The van der Waals surface area contributed by atoms with Crippen molar-refractivity contribution in [1.82, 2.24) is 4.57 Å². The second-order valence-corrected chi connectivity index (χ2v) is 6.82. The quantitative estimate of drug-likeness (QED) is 0.465. The van der Waals surface area contributed by atoms with Gasteiger partial charge in [0.15, 0.2) is 0 Å². The Labute approximate surface area is 147 Å². The normalized spacial score (nSPS) is 11.7. The van der Waals surface area contributed by atoms with Gasteiger partial charge in [0.05, 0.1) is 5.69 Å². The molecule has 124 valence electrons. The predicted octanol–water partition coefficient (Wildman–Crippen LogP) is 6.72. The summed E-state index contributed by atoms with van der Waals surface area (Å²) in [6, 6.07) is 17.8. The first-order valence-electron chi connectivity index (χ1n) is 7.14. The number of hydrogen-bond donors (Lipinski definition) is 0. The lowest BCUT2D eigenvalue weighted by Crippen LogP contribution is -2.01. The highest BCUT2D eigenvalue weighted by molar-refractivity contribution is 8.00. The second-order valence-electron chi connectivity index (χ2n) is 5.24. The van der Waals surface area contributed by atoms with E-state index in [1.165, 1.54) is 12.1 Å². The van der Waals surface area contributed by atoms with Crippen molar-refractivity contribution >= 4 is 23.4 Å². The van der Waals surface area contributed by atoms with Crippen LogP contribution >= 0.6 is 23.4 Å². The van der Waals surface area contributed by atoms with Gasteiger partial charge in [0, 0.05) is 21.3 Å². The summed E-state index contributed by atoms with van der Waals surface area (Å²) in [4.78, 5) is 0.170. The molecule has 24 heavy (non-hydrogen) atoms. The lowest BCUT2D eigenvalue weighted by molar-refractivity contribution is -0.0328. The molecule has 0 fully saturated rings. The third-order valence-electron chi connectivity index (χ3n) is 3.54. The van der Waals surface area contributed by atoms with Crippen LogP contribution in [0.5, 0.6) is 0 Å². The van der Waals surface area contributed by atoms with Gasteiger partial charge in [-0.1, -0.05) is 23.7 Å². The average Bonchev–Trinajstić information content (AvgIpc) is 2.89. The van der Waals surface area contributed by atoms with E-state index in [2.05, 4.69) is 0 Å². The number of halogens is 4. The first-order chi connectivity index (χ1) is 11.3. The molecule has 6 heteroatoms. The van der Waals surface area contributed by atoms with Gasteiger partial charge in [-0.15, -0.1) is 0 Å². The molecule has 3 rings (SSSR count). The number of thioether (sulfide) groups is 1. The van der Waals surface area contributed by atoms with Crippen LogP contribution in [0.4, 0.5) is 13.2 Å². The van der Waals surface area contributed by atoms with Crippen molar-refractivity contribution in [3.63, 3.8) is 0 Å². The zero-order valence-electron chi connectivity index (χ0n) is 12.6. The number of alkyl halides is 3. The molecule has 3 aromatic rings. The minimum atomic E-state index is -4.28. The molecule has 1 aromatic heterocycles. The lowest BCUT2D eigenvalue weighted by atomic mass is 10.1. The van der Waals surface area contributed by atoms with E-state index in [1.807, 2.05) is 47.9 Å². The van der Waals surface area contributed by atoms with Crippen LogP contribution in [0.3, 0.4) is 0 Å². The van der Waals surface area contributed by atoms with Crippen molar-refractivity contribution in [1.29, 1.82) is 0 Å². The third-order valence-corrected chi connectivity index (χ3v) is 4.54. The molecule has 0 aliphatic rings. The summed E-state index contributed by atoms with van der Waals surface area (Å²) in [6.07, 6.45) is 0. The molecule has 0 N–H and O–H groups in total. The van der Waals surface area contributed by atoms with E-state index in [9.17, 15) is 13.2 Å². The van der Waals surface area contributed by atoms with Gasteiger partial charge in [-0.2, -0.15) is 13.2 Å². The van der Waals surface area contributed by atoms with E-state index in [0.717, 1.165) is 22.6 Å². The number of aromatic nitrogens is 1. The summed E-state index contributed by atoms with van der Waals surface area (Å²) in [5, 5.41) is 0.655. The van der Waals surface area contributed by atoms with Crippen molar-refractivity contribution in [3.8, 4) is 16.9 Å². The topological polar surface area (TPSA) is 4.93 Å². The monoisotopic (exact) mass is 367 g/mol. The second kappa shape index (κ2) is 6.57. The third kappa shape index (κ3) is 3.79. The largest absolute Gasteiger partial charge is 0.446 e. The summed E-state index contributed by atoms with van der Waals surface area (Å²) < 4.78 is 39.3. The molecule has 0 aliphatic carbocycles. The Bertz CT molecular complexity index is 836. The summed E-state index contributed by atoms with van der Waals surface area (Å²) in [5.41, 5.74) is -0.522. The SMILES string of the molecule is Cc1ccc(-c2ccc(Cl)cc2)n1-c1ccc(SC(F)(F)F)cc1. The van der Waals surface area contributed by atoms with Gasteiger partial charge >= 0.3 is 5.51 Å². The highest BCUT2D eigenvalue weighted by Gasteiger charge is 2.29. The van der Waals surface area contributed by atoms with E-state index < -0.39 is 5.51 Å².